The molecule has 0 atom stereocenters. The molecule has 0 fully saturated rings. The zero-order valence-corrected chi connectivity index (χ0v) is 6.32. The molecule has 4 nitrogen and oxygen atoms in total. The van der Waals surface area contributed by atoms with Crippen molar-refractivity contribution in [2.24, 2.45) is 0 Å². The van der Waals surface area contributed by atoms with Crippen molar-refractivity contribution in [1.29, 1.82) is 5.26 Å². The average Bonchev–Trinajstić information content (AvgIpc) is 2.16. The van der Waals surface area contributed by atoms with Crippen LogP contribution in [0.25, 0.3) is 0 Å². The van der Waals surface area contributed by atoms with Gasteiger partial charge < -0.3 is 5.32 Å². The Morgan fingerprint density at radius 2 is 2.25 bits per heavy atom. The third-order valence-electron chi connectivity index (χ3n) is 1.30. The lowest BCUT2D eigenvalue weighted by atomic mass is 10.3. The highest BCUT2D eigenvalue weighted by molar-refractivity contribution is 5.91. The number of nitrogens with zero attached hydrogens (tertiary/aromatic N) is 2. The van der Waals surface area contributed by atoms with E-state index in [1.165, 1.54) is 6.07 Å². The Balaban J connectivity index is 2.45. The van der Waals surface area contributed by atoms with E-state index in [4.69, 9.17) is 5.26 Å². The van der Waals surface area contributed by atoms with Crippen molar-refractivity contribution in [2.75, 3.05) is 0 Å². The van der Waals surface area contributed by atoms with E-state index in [9.17, 15) is 4.79 Å². The molecule has 1 aromatic heterocycles. The van der Waals surface area contributed by atoms with Crippen LogP contribution in [0.15, 0.2) is 24.5 Å². The van der Waals surface area contributed by atoms with Gasteiger partial charge >= 0.3 is 5.91 Å². The molecule has 0 bridgehead atoms. The van der Waals surface area contributed by atoms with Crippen molar-refractivity contribution < 1.29 is 4.79 Å². The molecule has 60 valence electrons. The molecule has 0 aromatic carbocycles. The molecule has 0 aliphatic rings. The Morgan fingerprint density at radius 3 is 2.83 bits per heavy atom. The van der Waals surface area contributed by atoms with Crippen LogP contribution in [0.2, 0.25) is 0 Å². The van der Waals surface area contributed by atoms with Crippen LogP contribution in [0.3, 0.4) is 0 Å². The Bertz CT molecular complexity index is 302. The van der Waals surface area contributed by atoms with Crippen LogP contribution < -0.4 is 5.32 Å². The van der Waals surface area contributed by atoms with Crippen molar-refractivity contribution in [3.05, 3.63) is 30.1 Å². The highest BCUT2D eigenvalue weighted by Gasteiger charge is 1.96. The minimum Gasteiger partial charge on any atom is -0.339 e. The molecular formula is C8H7N3O. The molecule has 1 amide bonds. The molecule has 1 heterocycles. The maximum atomic E-state index is 10.5. The summed E-state index contributed by atoms with van der Waals surface area (Å²) in [5.74, 6) is -0.619. The summed E-state index contributed by atoms with van der Waals surface area (Å²) >= 11 is 0. The van der Waals surface area contributed by atoms with Crippen LogP contribution in [0.4, 0.5) is 0 Å². The number of nitriles is 1. The molecule has 0 radical (unpaired) electrons. The van der Waals surface area contributed by atoms with Gasteiger partial charge in [0.15, 0.2) is 6.07 Å². The highest BCUT2D eigenvalue weighted by atomic mass is 16.1. The first-order chi connectivity index (χ1) is 5.83. The maximum Gasteiger partial charge on any atom is 0.322 e. The summed E-state index contributed by atoms with van der Waals surface area (Å²) in [7, 11) is 0. The molecule has 0 aliphatic heterocycles. The summed E-state index contributed by atoms with van der Waals surface area (Å²) in [5, 5.41) is 10.6. The minimum atomic E-state index is -0.619. The molecule has 1 aromatic rings. The normalized spacial score (nSPS) is 8.58. The number of rotatable bonds is 2. The number of nitrogens with one attached hydrogen (secondary N) is 1. The second-order valence-electron chi connectivity index (χ2n) is 2.15. The number of carbonyl (C=O) groups is 1. The number of carbonyl (C=O) groups excluding carboxylic acids is 1. The Morgan fingerprint density at radius 1 is 1.58 bits per heavy atom. The molecule has 4 heteroatoms. The van der Waals surface area contributed by atoms with E-state index in [-0.39, 0.29) is 0 Å². The largest absolute Gasteiger partial charge is 0.339 e. The van der Waals surface area contributed by atoms with Crippen LogP contribution in [-0.4, -0.2) is 10.9 Å². The number of hydrogen-bond acceptors (Lipinski definition) is 3. The van der Waals surface area contributed by atoms with Crippen LogP contribution >= 0.6 is 0 Å². The SMILES string of the molecule is N#CC(=O)NCc1ccncc1. The Kier molecular flexibility index (Phi) is 2.79. The van der Waals surface area contributed by atoms with Gasteiger partial charge in [0.05, 0.1) is 0 Å². The lowest BCUT2D eigenvalue weighted by Gasteiger charge is -1.98. The predicted octanol–water partition coefficient (Wildman–Crippen LogP) is 0.221. The smallest absolute Gasteiger partial charge is 0.322 e. The van der Waals surface area contributed by atoms with Gasteiger partial charge in [0.1, 0.15) is 0 Å². The first-order valence-corrected chi connectivity index (χ1v) is 3.40. The summed E-state index contributed by atoms with van der Waals surface area (Å²) in [6.07, 6.45) is 3.27. The Labute approximate surface area is 69.8 Å². The number of aromatic nitrogens is 1. The Hall–Kier alpha value is -1.89. The van der Waals surface area contributed by atoms with Gasteiger partial charge in [-0.1, -0.05) is 0 Å². The van der Waals surface area contributed by atoms with Crippen LogP contribution in [0, 0.1) is 11.3 Å². The summed E-state index contributed by atoms with van der Waals surface area (Å²) in [6, 6.07) is 5.02. The molecule has 1 rings (SSSR count). The monoisotopic (exact) mass is 161 g/mol. The molecule has 0 unspecified atom stereocenters. The van der Waals surface area contributed by atoms with Gasteiger partial charge in [-0.25, -0.2) is 0 Å². The van der Waals surface area contributed by atoms with E-state index in [0.717, 1.165) is 5.56 Å². The second kappa shape index (κ2) is 4.09. The number of amides is 1. The van der Waals surface area contributed by atoms with Crippen molar-refractivity contribution in [1.82, 2.24) is 10.3 Å². The second-order valence-corrected chi connectivity index (χ2v) is 2.15. The maximum absolute atomic E-state index is 10.5. The molecular weight excluding hydrogens is 154 g/mol. The van der Waals surface area contributed by atoms with E-state index in [1.807, 2.05) is 0 Å². The number of hydrogen-bond donors (Lipinski definition) is 1. The lowest BCUT2D eigenvalue weighted by Crippen LogP contribution is -2.20. The molecule has 0 saturated carbocycles. The third kappa shape index (κ3) is 2.39. The molecule has 0 aliphatic carbocycles. The predicted molar refractivity (Wildman–Crippen MR) is 41.7 cm³/mol. The number of pyridine rings is 1. The first kappa shape index (κ1) is 8.21. The van der Waals surface area contributed by atoms with Gasteiger partial charge in [0.2, 0.25) is 0 Å². The van der Waals surface area contributed by atoms with E-state index in [2.05, 4.69) is 10.3 Å². The van der Waals surface area contributed by atoms with E-state index < -0.39 is 5.91 Å². The van der Waals surface area contributed by atoms with Crippen LogP contribution in [0.5, 0.6) is 0 Å². The molecule has 1 N–H and O–H groups in total. The summed E-state index contributed by atoms with van der Waals surface area (Å²) < 4.78 is 0. The zero-order chi connectivity index (χ0) is 8.81. The van der Waals surface area contributed by atoms with Crippen molar-refractivity contribution in [2.45, 2.75) is 6.54 Å². The van der Waals surface area contributed by atoms with Gasteiger partial charge in [-0.3, -0.25) is 9.78 Å². The van der Waals surface area contributed by atoms with E-state index >= 15 is 0 Å². The summed E-state index contributed by atoms with van der Waals surface area (Å²) in [5.41, 5.74) is 0.925. The summed E-state index contributed by atoms with van der Waals surface area (Å²) in [4.78, 5) is 14.3. The lowest BCUT2D eigenvalue weighted by molar-refractivity contribution is -0.116. The standard InChI is InChI=1S/C8H7N3O/c9-5-8(12)11-6-7-1-3-10-4-2-7/h1-4H,6H2,(H,11,12). The van der Waals surface area contributed by atoms with Gasteiger partial charge in [0.25, 0.3) is 0 Å². The molecule has 0 spiro atoms. The van der Waals surface area contributed by atoms with E-state index in [0.29, 0.717) is 6.54 Å². The topological polar surface area (TPSA) is 65.8 Å². The fourth-order valence-corrected chi connectivity index (χ4v) is 0.723. The van der Waals surface area contributed by atoms with Crippen LogP contribution in [-0.2, 0) is 11.3 Å². The molecule has 0 saturated heterocycles. The zero-order valence-electron chi connectivity index (χ0n) is 6.32. The minimum absolute atomic E-state index is 0.370. The fraction of sp³-hybridized carbons (Fsp3) is 0.125. The highest BCUT2D eigenvalue weighted by Crippen LogP contribution is 1.93. The van der Waals surface area contributed by atoms with Crippen molar-refractivity contribution in [3.63, 3.8) is 0 Å². The van der Waals surface area contributed by atoms with Gasteiger partial charge in [-0.15, -0.1) is 0 Å². The van der Waals surface area contributed by atoms with E-state index in [1.54, 1.807) is 24.5 Å². The molecule has 12 heavy (non-hydrogen) atoms. The van der Waals surface area contributed by atoms with Gasteiger partial charge in [0, 0.05) is 18.9 Å². The van der Waals surface area contributed by atoms with Gasteiger partial charge in [-0.05, 0) is 17.7 Å². The van der Waals surface area contributed by atoms with Crippen molar-refractivity contribution >= 4 is 5.91 Å². The first-order valence-electron chi connectivity index (χ1n) is 3.40. The average molecular weight is 161 g/mol. The van der Waals surface area contributed by atoms with Crippen LogP contribution in [0.1, 0.15) is 5.56 Å². The fourth-order valence-electron chi connectivity index (χ4n) is 0.723. The van der Waals surface area contributed by atoms with Gasteiger partial charge in [-0.2, -0.15) is 5.26 Å². The quantitative estimate of drug-likeness (QED) is 0.631. The van der Waals surface area contributed by atoms with Crippen molar-refractivity contribution in [3.8, 4) is 6.07 Å². The third-order valence-corrected chi connectivity index (χ3v) is 1.30. The summed E-state index contributed by atoms with van der Waals surface area (Å²) in [6.45, 7) is 0.370.